The van der Waals surface area contributed by atoms with Crippen LogP contribution in [-0.4, -0.2) is 68.7 Å². The van der Waals surface area contributed by atoms with Gasteiger partial charge in [-0.1, -0.05) is 26.0 Å². The molecule has 0 radical (unpaired) electrons. The molecule has 6 heteroatoms. The summed E-state index contributed by atoms with van der Waals surface area (Å²) in [6.07, 6.45) is 1.66. The van der Waals surface area contributed by atoms with Crippen LogP contribution in [0.4, 0.5) is 0 Å². The maximum absolute atomic E-state index is 12.3. The summed E-state index contributed by atoms with van der Waals surface area (Å²) in [5.74, 6) is -0.292. The van der Waals surface area contributed by atoms with Crippen molar-refractivity contribution in [2.24, 2.45) is 34.0 Å². The molecule has 29 heavy (non-hydrogen) atoms. The number of aliphatic hydroxyl groups excluding tert-OH is 2. The summed E-state index contributed by atoms with van der Waals surface area (Å²) in [7, 11) is 0. The molecule has 6 nitrogen and oxygen atoms in total. The lowest BCUT2D eigenvalue weighted by atomic mass is 9.39. The number of piperidine rings is 2. The highest BCUT2D eigenvalue weighted by Gasteiger charge is 2.94. The first-order valence-corrected chi connectivity index (χ1v) is 11.4. The second kappa shape index (κ2) is 4.62. The Morgan fingerprint density at radius 2 is 2.03 bits per heavy atom. The third-order valence-corrected chi connectivity index (χ3v) is 10.9. The van der Waals surface area contributed by atoms with Gasteiger partial charge in [0.1, 0.15) is 11.7 Å². The molecule has 9 bridgehead atoms. The van der Waals surface area contributed by atoms with Crippen molar-refractivity contribution in [2.45, 2.75) is 81.9 Å². The van der Waals surface area contributed by atoms with Crippen LogP contribution in [0.5, 0.6) is 0 Å². The lowest BCUT2D eigenvalue weighted by Gasteiger charge is -2.67. The zero-order valence-corrected chi connectivity index (χ0v) is 17.2. The van der Waals surface area contributed by atoms with Crippen molar-refractivity contribution >= 4 is 5.97 Å². The van der Waals surface area contributed by atoms with Crippen molar-refractivity contribution in [3.63, 3.8) is 0 Å². The standard InChI is InChI=1S/C23H31NO5/c1-4-13(25)29-11-6-20(3)9-24-12-8-21-5-10(2)14-15(26)17(21)22(7-11,16(12)20)19(24)23(21,28)18(14)27/h11-12,14-19,26-28H,2,4-9H2,1,3H3/t11-,12-,14+,15+,16+,17+,18?,19?,20-,21+,22-,23?/m0/s1. The molecule has 158 valence electrons. The Morgan fingerprint density at radius 3 is 2.76 bits per heavy atom. The minimum absolute atomic E-state index is 0.0223. The van der Waals surface area contributed by atoms with Crippen molar-refractivity contribution < 1.29 is 24.9 Å². The van der Waals surface area contributed by atoms with E-state index in [1.807, 2.05) is 6.92 Å². The van der Waals surface area contributed by atoms with E-state index in [0.29, 0.717) is 31.2 Å². The Bertz CT molecular complexity index is 875. The van der Waals surface area contributed by atoms with Gasteiger partial charge in [-0.3, -0.25) is 9.69 Å². The number of ether oxygens (including phenoxy) is 1. The number of rotatable bonds is 2. The molecule has 13 atom stereocenters. The van der Waals surface area contributed by atoms with Gasteiger partial charge in [-0.05, 0) is 37.0 Å². The predicted molar refractivity (Wildman–Crippen MR) is 102 cm³/mol. The molecule has 3 aliphatic heterocycles. The number of aliphatic hydroxyl groups is 3. The Balaban J connectivity index is 1.45. The predicted octanol–water partition coefficient (Wildman–Crippen LogP) is 0.840. The van der Waals surface area contributed by atoms with Gasteiger partial charge in [-0.15, -0.1) is 0 Å². The fourth-order valence-corrected chi connectivity index (χ4v) is 11.0. The lowest BCUT2D eigenvalue weighted by Crippen LogP contribution is -2.76. The normalized spacial score (nSPS) is 67.3. The van der Waals surface area contributed by atoms with Crippen molar-refractivity contribution in [2.75, 3.05) is 6.54 Å². The number of carbonyl (C=O) groups is 1. The molecule has 6 aliphatic carbocycles. The van der Waals surface area contributed by atoms with Crippen LogP contribution in [0.25, 0.3) is 0 Å². The van der Waals surface area contributed by atoms with Gasteiger partial charge in [0, 0.05) is 47.7 Å². The Kier molecular flexibility index (Phi) is 2.82. The number of fused-ring (bicyclic) bond motifs is 1. The second-order valence-corrected chi connectivity index (χ2v) is 11.7. The van der Waals surface area contributed by atoms with E-state index in [4.69, 9.17) is 4.74 Å². The van der Waals surface area contributed by atoms with E-state index in [0.717, 1.165) is 25.0 Å². The van der Waals surface area contributed by atoms with E-state index in [2.05, 4.69) is 18.4 Å². The molecule has 4 unspecified atom stereocenters. The van der Waals surface area contributed by atoms with Crippen LogP contribution in [0.15, 0.2) is 12.2 Å². The summed E-state index contributed by atoms with van der Waals surface area (Å²) in [6.45, 7) is 9.23. The molecule has 0 amide bonds. The van der Waals surface area contributed by atoms with Gasteiger partial charge in [0.25, 0.3) is 0 Å². The molecule has 3 N–H and O–H groups in total. The van der Waals surface area contributed by atoms with Crippen molar-refractivity contribution in [1.82, 2.24) is 4.90 Å². The third-order valence-electron chi connectivity index (χ3n) is 10.9. The molecule has 3 saturated heterocycles. The number of carbonyl (C=O) groups excluding carboxylic acids is 1. The summed E-state index contributed by atoms with van der Waals surface area (Å²) in [4.78, 5) is 14.6. The average Bonchev–Trinajstić information content (AvgIpc) is 3.05. The van der Waals surface area contributed by atoms with Crippen molar-refractivity contribution in [3.8, 4) is 0 Å². The van der Waals surface area contributed by atoms with Crippen LogP contribution >= 0.6 is 0 Å². The first kappa shape index (κ1) is 17.7. The first-order chi connectivity index (χ1) is 13.7. The van der Waals surface area contributed by atoms with Crippen LogP contribution in [0.1, 0.15) is 46.0 Å². The molecular formula is C23H31NO5. The molecule has 2 spiro atoms. The van der Waals surface area contributed by atoms with Gasteiger partial charge < -0.3 is 20.1 Å². The first-order valence-electron chi connectivity index (χ1n) is 11.4. The molecule has 3 heterocycles. The summed E-state index contributed by atoms with van der Waals surface area (Å²) in [5.41, 5.74) is -1.07. The molecule has 9 fully saturated rings. The maximum atomic E-state index is 12.3. The number of esters is 1. The van der Waals surface area contributed by atoms with Gasteiger partial charge in [0.15, 0.2) is 0 Å². The van der Waals surface area contributed by atoms with Gasteiger partial charge >= 0.3 is 5.97 Å². The topological polar surface area (TPSA) is 90.2 Å². The van der Waals surface area contributed by atoms with E-state index >= 15 is 0 Å². The molecule has 9 aliphatic rings. The van der Waals surface area contributed by atoms with Crippen LogP contribution in [0.3, 0.4) is 0 Å². The average molecular weight is 402 g/mol. The van der Waals surface area contributed by atoms with Crippen molar-refractivity contribution in [3.05, 3.63) is 12.2 Å². The van der Waals surface area contributed by atoms with E-state index in [1.165, 1.54) is 0 Å². The smallest absolute Gasteiger partial charge is 0.305 e. The fraction of sp³-hybridized carbons (Fsp3) is 0.870. The fourth-order valence-electron chi connectivity index (χ4n) is 11.0. The van der Waals surface area contributed by atoms with Gasteiger partial charge in [0.05, 0.1) is 12.2 Å². The number of hydrogen-bond acceptors (Lipinski definition) is 6. The van der Waals surface area contributed by atoms with Gasteiger partial charge in [-0.2, -0.15) is 0 Å². The van der Waals surface area contributed by atoms with Gasteiger partial charge in [0.2, 0.25) is 0 Å². The maximum Gasteiger partial charge on any atom is 0.305 e. The quantitative estimate of drug-likeness (QED) is 0.469. The molecular weight excluding hydrogens is 370 g/mol. The van der Waals surface area contributed by atoms with E-state index in [1.54, 1.807) is 0 Å². The van der Waals surface area contributed by atoms with Crippen LogP contribution in [0, 0.1) is 34.0 Å². The number of nitrogens with zero attached hydrogens (tertiary/aromatic N) is 1. The SMILES string of the molecule is C=C1C[C@]23C[C@H]4[C@@H]5[C@@]6(C)C[C@H](OC(=O)CC)C[C@]57C(N4C6)C2(O)C(O)[C@H]1[C@@H](O)[C@@H]73. The molecule has 9 rings (SSSR count). The largest absolute Gasteiger partial charge is 0.462 e. The molecule has 0 aromatic rings. The highest BCUT2D eigenvalue weighted by Crippen LogP contribution is 2.88. The molecule has 0 aromatic carbocycles. The Hall–Kier alpha value is -0.950. The molecule has 0 aromatic heterocycles. The highest BCUT2D eigenvalue weighted by atomic mass is 16.5. The summed E-state index contributed by atoms with van der Waals surface area (Å²) in [5, 5.41) is 35.2. The highest BCUT2D eigenvalue weighted by molar-refractivity contribution is 5.69. The molecule has 6 saturated carbocycles. The van der Waals surface area contributed by atoms with E-state index in [9.17, 15) is 20.1 Å². The number of hydrogen-bond donors (Lipinski definition) is 3. The van der Waals surface area contributed by atoms with Gasteiger partial charge in [-0.25, -0.2) is 0 Å². The summed E-state index contributed by atoms with van der Waals surface area (Å²) >= 11 is 0. The lowest BCUT2D eigenvalue weighted by molar-refractivity contribution is -0.280. The van der Waals surface area contributed by atoms with Crippen LogP contribution in [-0.2, 0) is 9.53 Å². The summed E-state index contributed by atoms with van der Waals surface area (Å²) < 4.78 is 5.90. The minimum atomic E-state index is -1.20. The Labute approximate surface area is 170 Å². The van der Waals surface area contributed by atoms with Crippen molar-refractivity contribution in [1.29, 1.82) is 0 Å². The zero-order chi connectivity index (χ0) is 20.3. The third kappa shape index (κ3) is 1.43. The minimum Gasteiger partial charge on any atom is -0.462 e. The monoisotopic (exact) mass is 401 g/mol. The summed E-state index contributed by atoms with van der Waals surface area (Å²) in [6, 6.07) is 0.244. The van der Waals surface area contributed by atoms with Crippen LogP contribution in [0.2, 0.25) is 0 Å². The Morgan fingerprint density at radius 1 is 1.28 bits per heavy atom. The second-order valence-electron chi connectivity index (χ2n) is 11.7. The van der Waals surface area contributed by atoms with E-state index < -0.39 is 29.1 Å². The van der Waals surface area contributed by atoms with Crippen LogP contribution < -0.4 is 0 Å². The van der Waals surface area contributed by atoms with E-state index in [-0.39, 0.29) is 34.9 Å². The zero-order valence-electron chi connectivity index (χ0n) is 17.2.